The van der Waals surface area contributed by atoms with E-state index < -0.39 is 24.0 Å². The van der Waals surface area contributed by atoms with Gasteiger partial charge in [-0.1, -0.05) is 54.6 Å². The highest BCUT2D eigenvalue weighted by Crippen LogP contribution is 2.44. The highest BCUT2D eigenvalue weighted by Gasteiger charge is 2.30. The van der Waals surface area contributed by atoms with Crippen molar-refractivity contribution in [1.82, 2.24) is 5.32 Å². The number of benzene rings is 3. The number of amides is 2. The first-order valence-corrected chi connectivity index (χ1v) is 11.1. The van der Waals surface area contributed by atoms with Gasteiger partial charge in [0.2, 0.25) is 5.91 Å². The van der Waals surface area contributed by atoms with Crippen molar-refractivity contribution in [2.75, 3.05) is 11.9 Å². The molecular formula is C27H23N3O5. The molecule has 4 rings (SSSR count). The molecule has 3 N–H and O–H groups in total. The lowest BCUT2D eigenvalue weighted by Crippen LogP contribution is -2.44. The summed E-state index contributed by atoms with van der Waals surface area (Å²) in [7, 11) is 0. The van der Waals surface area contributed by atoms with E-state index in [-0.39, 0.29) is 25.4 Å². The van der Waals surface area contributed by atoms with Gasteiger partial charge < -0.3 is 20.5 Å². The van der Waals surface area contributed by atoms with Gasteiger partial charge >= 0.3 is 12.1 Å². The molecule has 1 aliphatic rings. The van der Waals surface area contributed by atoms with Crippen LogP contribution in [0.15, 0.2) is 72.8 Å². The van der Waals surface area contributed by atoms with Crippen molar-refractivity contribution in [2.24, 2.45) is 0 Å². The van der Waals surface area contributed by atoms with Gasteiger partial charge in [-0.15, -0.1) is 0 Å². The summed E-state index contributed by atoms with van der Waals surface area (Å²) in [5, 5.41) is 23.2. The Labute approximate surface area is 202 Å². The van der Waals surface area contributed by atoms with Crippen molar-refractivity contribution >= 4 is 23.7 Å². The largest absolute Gasteiger partial charge is 0.481 e. The predicted molar refractivity (Wildman–Crippen MR) is 129 cm³/mol. The number of ether oxygens (including phenoxy) is 1. The predicted octanol–water partition coefficient (Wildman–Crippen LogP) is 4.27. The van der Waals surface area contributed by atoms with Crippen LogP contribution in [0.4, 0.5) is 10.5 Å². The molecule has 176 valence electrons. The minimum atomic E-state index is -1.13. The third-order valence-corrected chi connectivity index (χ3v) is 5.86. The molecule has 1 unspecified atom stereocenters. The minimum Gasteiger partial charge on any atom is -0.481 e. The lowest BCUT2D eigenvalue weighted by atomic mass is 9.98. The molecule has 35 heavy (non-hydrogen) atoms. The number of carboxylic acid groups (broad SMARTS) is 1. The highest BCUT2D eigenvalue weighted by atomic mass is 16.5. The van der Waals surface area contributed by atoms with Crippen LogP contribution in [0, 0.1) is 11.3 Å². The number of nitriles is 1. The Morgan fingerprint density at radius 1 is 0.971 bits per heavy atom. The SMILES string of the molecule is N#Cc1cccc(NC(=O)C(CCC(=O)O)NC(=O)OCC2c3ccccc3-c3ccccc32)c1. The number of carbonyl (C=O) groups excluding carboxylic acids is 2. The van der Waals surface area contributed by atoms with Crippen molar-refractivity contribution in [2.45, 2.75) is 24.8 Å². The fourth-order valence-corrected chi connectivity index (χ4v) is 4.21. The quantitative estimate of drug-likeness (QED) is 0.452. The van der Waals surface area contributed by atoms with Crippen molar-refractivity contribution in [1.29, 1.82) is 5.26 Å². The maximum atomic E-state index is 12.8. The maximum absolute atomic E-state index is 12.8. The molecule has 0 radical (unpaired) electrons. The number of carbonyl (C=O) groups is 3. The van der Waals surface area contributed by atoms with E-state index in [4.69, 9.17) is 15.1 Å². The molecule has 1 aliphatic carbocycles. The molecule has 0 saturated carbocycles. The number of anilines is 1. The molecule has 3 aromatic carbocycles. The average Bonchev–Trinajstić information content (AvgIpc) is 3.19. The molecule has 0 aromatic heterocycles. The first kappa shape index (κ1) is 23.5. The molecule has 0 saturated heterocycles. The van der Waals surface area contributed by atoms with Crippen molar-refractivity contribution < 1.29 is 24.2 Å². The fraction of sp³-hybridized carbons (Fsp3) is 0.185. The van der Waals surface area contributed by atoms with Crippen molar-refractivity contribution in [3.8, 4) is 17.2 Å². The molecule has 0 heterocycles. The number of nitrogens with zero attached hydrogens (tertiary/aromatic N) is 1. The van der Waals surface area contributed by atoms with Gasteiger partial charge in [-0.3, -0.25) is 9.59 Å². The molecule has 1 atom stereocenters. The van der Waals surface area contributed by atoms with Gasteiger partial charge in [0.05, 0.1) is 11.6 Å². The zero-order valence-corrected chi connectivity index (χ0v) is 18.7. The van der Waals surface area contributed by atoms with Gasteiger partial charge in [0.1, 0.15) is 12.6 Å². The van der Waals surface area contributed by atoms with E-state index in [1.807, 2.05) is 54.6 Å². The zero-order valence-electron chi connectivity index (χ0n) is 18.7. The molecular weight excluding hydrogens is 446 g/mol. The number of hydrogen-bond acceptors (Lipinski definition) is 5. The number of aliphatic carboxylic acids is 1. The topological polar surface area (TPSA) is 129 Å². The summed E-state index contributed by atoms with van der Waals surface area (Å²) in [6.07, 6.45) is -1.26. The molecule has 8 nitrogen and oxygen atoms in total. The zero-order chi connectivity index (χ0) is 24.8. The third-order valence-electron chi connectivity index (χ3n) is 5.86. The van der Waals surface area contributed by atoms with Crippen LogP contribution in [0.5, 0.6) is 0 Å². The van der Waals surface area contributed by atoms with Gasteiger partial charge in [0.15, 0.2) is 0 Å². The van der Waals surface area contributed by atoms with Crippen LogP contribution in [-0.4, -0.2) is 35.7 Å². The molecule has 8 heteroatoms. The second kappa shape index (κ2) is 10.5. The van der Waals surface area contributed by atoms with Gasteiger partial charge in [-0.05, 0) is 46.9 Å². The third kappa shape index (κ3) is 5.47. The lowest BCUT2D eigenvalue weighted by molar-refractivity contribution is -0.137. The van der Waals surface area contributed by atoms with Crippen LogP contribution in [0.25, 0.3) is 11.1 Å². The summed E-state index contributed by atoms with van der Waals surface area (Å²) in [4.78, 5) is 36.5. The molecule has 0 fully saturated rings. The lowest BCUT2D eigenvalue weighted by Gasteiger charge is -2.19. The Balaban J connectivity index is 1.43. The van der Waals surface area contributed by atoms with Gasteiger partial charge in [0, 0.05) is 18.0 Å². The summed E-state index contributed by atoms with van der Waals surface area (Å²) in [6.45, 7) is 0.0668. The van der Waals surface area contributed by atoms with E-state index in [9.17, 15) is 14.4 Å². The number of hydrogen-bond donors (Lipinski definition) is 3. The van der Waals surface area contributed by atoms with E-state index in [0.29, 0.717) is 11.3 Å². The number of carboxylic acids is 1. The van der Waals surface area contributed by atoms with Crippen LogP contribution >= 0.6 is 0 Å². The highest BCUT2D eigenvalue weighted by molar-refractivity contribution is 5.97. The normalized spacial score (nSPS) is 12.5. The van der Waals surface area contributed by atoms with Gasteiger partial charge in [0.25, 0.3) is 0 Å². The second-order valence-electron chi connectivity index (χ2n) is 8.14. The molecule has 3 aromatic rings. The number of fused-ring (bicyclic) bond motifs is 3. The first-order valence-electron chi connectivity index (χ1n) is 11.1. The smallest absolute Gasteiger partial charge is 0.407 e. The van der Waals surface area contributed by atoms with Gasteiger partial charge in [-0.25, -0.2) is 4.79 Å². The van der Waals surface area contributed by atoms with Crippen molar-refractivity contribution in [3.63, 3.8) is 0 Å². The summed E-state index contributed by atoms with van der Waals surface area (Å²) >= 11 is 0. The molecule has 0 bridgehead atoms. The van der Waals surface area contributed by atoms with E-state index in [2.05, 4.69) is 10.6 Å². The second-order valence-corrected chi connectivity index (χ2v) is 8.14. The van der Waals surface area contributed by atoms with E-state index in [0.717, 1.165) is 22.3 Å². The summed E-state index contributed by atoms with van der Waals surface area (Å²) < 4.78 is 5.49. The van der Waals surface area contributed by atoms with E-state index >= 15 is 0 Å². The van der Waals surface area contributed by atoms with E-state index in [1.165, 1.54) is 6.07 Å². The van der Waals surface area contributed by atoms with Crippen LogP contribution in [-0.2, 0) is 14.3 Å². The summed E-state index contributed by atoms with van der Waals surface area (Å²) in [5.74, 6) is -1.84. The monoisotopic (exact) mass is 469 g/mol. The minimum absolute atomic E-state index is 0.0668. The number of nitrogens with one attached hydrogen (secondary N) is 2. The number of rotatable bonds is 8. The maximum Gasteiger partial charge on any atom is 0.407 e. The molecule has 0 aliphatic heterocycles. The standard InChI is InChI=1S/C27H23N3O5/c28-15-17-6-5-7-18(14-17)29-26(33)24(12-13-25(31)32)30-27(34)35-16-23-21-10-3-1-8-19(21)20-9-2-4-11-22(20)23/h1-11,14,23-24H,12-13,16H2,(H,29,33)(H,30,34)(H,31,32). The van der Waals surface area contributed by atoms with Crippen LogP contribution < -0.4 is 10.6 Å². The summed E-state index contributed by atoms with van der Waals surface area (Å²) in [6, 6.07) is 23.0. The Morgan fingerprint density at radius 2 is 1.63 bits per heavy atom. The first-order chi connectivity index (χ1) is 17.0. The number of alkyl carbamates (subject to hydrolysis) is 1. The van der Waals surface area contributed by atoms with E-state index in [1.54, 1.807) is 18.2 Å². The fourth-order valence-electron chi connectivity index (χ4n) is 4.21. The van der Waals surface area contributed by atoms with Crippen LogP contribution in [0.1, 0.15) is 35.4 Å². The van der Waals surface area contributed by atoms with Crippen molar-refractivity contribution in [3.05, 3.63) is 89.5 Å². The summed E-state index contributed by atoms with van der Waals surface area (Å²) in [5.41, 5.74) is 5.02. The molecule has 0 spiro atoms. The van der Waals surface area contributed by atoms with Crippen LogP contribution in [0.3, 0.4) is 0 Å². The Hall–Kier alpha value is -4.64. The molecule has 2 amide bonds. The Bertz CT molecular complexity index is 1270. The average molecular weight is 469 g/mol. The Morgan fingerprint density at radius 3 is 2.26 bits per heavy atom. The van der Waals surface area contributed by atoms with Crippen LogP contribution in [0.2, 0.25) is 0 Å². The van der Waals surface area contributed by atoms with Gasteiger partial charge in [-0.2, -0.15) is 5.26 Å². The Kier molecular flexibility index (Phi) is 7.07.